The highest BCUT2D eigenvalue weighted by atomic mass is 19.1. The Morgan fingerprint density at radius 3 is 2.21 bits per heavy atom. The molecule has 1 heterocycles. The van der Waals surface area contributed by atoms with Gasteiger partial charge in [0.1, 0.15) is 11.6 Å². The second-order valence-electron chi connectivity index (χ2n) is 8.19. The number of nitrogens with zero attached hydrogens (tertiary/aromatic N) is 2. The van der Waals surface area contributed by atoms with Gasteiger partial charge in [-0.2, -0.15) is 0 Å². The molecule has 0 spiro atoms. The molecule has 0 aliphatic heterocycles. The normalized spacial score (nSPS) is 11.1. The standard InChI is InChI=1S/C27H27FN4O2/c1-4-21(5-2)30-26(33)18-6-11-22(12-7-18)31-27(34)19-8-15-24-25(16-19)32(17(3)29-24)23-13-9-20(28)10-14-23/h6-16,21H,4-5H2,1-3H3,(H,30,33)(H,31,34). The van der Waals surface area contributed by atoms with E-state index in [2.05, 4.69) is 15.6 Å². The number of fused-ring (bicyclic) bond motifs is 1. The fraction of sp³-hybridized carbons (Fsp3) is 0.222. The number of hydrogen-bond acceptors (Lipinski definition) is 3. The number of imidazole rings is 1. The Morgan fingerprint density at radius 1 is 0.912 bits per heavy atom. The van der Waals surface area contributed by atoms with Gasteiger partial charge in [0.15, 0.2) is 0 Å². The van der Waals surface area contributed by atoms with E-state index < -0.39 is 0 Å². The van der Waals surface area contributed by atoms with Crippen molar-refractivity contribution in [2.24, 2.45) is 0 Å². The molecule has 34 heavy (non-hydrogen) atoms. The van der Waals surface area contributed by atoms with Crippen molar-refractivity contribution in [1.29, 1.82) is 0 Å². The van der Waals surface area contributed by atoms with E-state index in [9.17, 15) is 14.0 Å². The van der Waals surface area contributed by atoms with Crippen molar-refractivity contribution in [3.63, 3.8) is 0 Å². The third-order valence-electron chi connectivity index (χ3n) is 5.89. The lowest BCUT2D eigenvalue weighted by Crippen LogP contribution is -2.33. The molecule has 174 valence electrons. The Bertz CT molecular complexity index is 1320. The summed E-state index contributed by atoms with van der Waals surface area (Å²) < 4.78 is 15.3. The van der Waals surface area contributed by atoms with Crippen molar-refractivity contribution in [3.8, 4) is 5.69 Å². The summed E-state index contributed by atoms with van der Waals surface area (Å²) in [6, 6.07) is 18.4. The summed E-state index contributed by atoms with van der Waals surface area (Å²) in [5, 5.41) is 5.88. The smallest absolute Gasteiger partial charge is 0.255 e. The lowest BCUT2D eigenvalue weighted by Gasteiger charge is -2.15. The molecule has 2 N–H and O–H groups in total. The van der Waals surface area contributed by atoms with Gasteiger partial charge in [-0.15, -0.1) is 0 Å². The van der Waals surface area contributed by atoms with Crippen LogP contribution in [0.1, 0.15) is 53.2 Å². The Hall–Kier alpha value is -4.00. The summed E-state index contributed by atoms with van der Waals surface area (Å²) in [4.78, 5) is 29.9. The molecule has 0 bridgehead atoms. The molecule has 0 radical (unpaired) electrons. The fourth-order valence-corrected chi connectivity index (χ4v) is 3.92. The number of amides is 2. The first-order valence-corrected chi connectivity index (χ1v) is 11.4. The van der Waals surface area contributed by atoms with Gasteiger partial charge in [-0.1, -0.05) is 13.8 Å². The molecule has 0 saturated heterocycles. The number of halogens is 1. The zero-order chi connectivity index (χ0) is 24.2. The lowest BCUT2D eigenvalue weighted by molar-refractivity contribution is 0.0934. The summed E-state index contributed by atoms with van der Waals surface area (Å²) in [5.74, 6) is 0.0217. The first kappa shape index (κ1) is 23.2. The van der Waals surface area contributed by atoms with Gasteiger partial charge in [0.25, 0.3) is 11.8 Å². The van der Waals surface area contributed by atoms with Crippen molar-refractivity contribution >= 4 is 28.5 Å². The molecule has 3 aromatic carbocycles. The maximum Gasteiger partial charge on any atom is 0.255 e. The summed E-state index contributed by atoms with van der Waals surface area (Å²) in [6.45, 7) is 5.95. The van der Waals surface area contributed by atoms with E-state index in [4.69, 9.17) is 0 Å². The van der Waals surface area contributed by atoms with Crippen molar-refractivity contribution < 1.29 is 14.0 Å². The number of carbonyl (C=O) groups is 2. The van der Waals surface area contributed by atoms with Gasteiger partial charge in [0.05, 0.1) is 11.0 Å². The summed E-state index contributed by atoms with van der Waals surface area (Å²) in [7, 11) is 0. The SMILES string of the molecule is CCC(CC)NC(=O)c1ccc(NC(=O)c2ccc3nc(C)n(-c4ccc(F)cc4)c3c2)cc1. The predicted molar refractivity (Wildman–Crippen MR) is 132 cm³/mol. The van der Waals surface area contributed by atoms with Crippen LogP contribution in [0.15, 0.2) is 66.7 Å². The average molecular weight is 459 g/mol. The van der Waals surface area contributed by atoms with Crippen LogP contribution in [-0.2, 0) is 0 Å². The van der Waals surface area contributed by atoms with Gasteiger partial charge < -0.3 is 10.6 Å². The van der Waals surface area contributed by atoms with Gasteiger partial charge in [0.2, 0.25) is 0 Å². The van der Waals surface area contributed by atoms with Crippen LogP contribution in [0.5, 0.6) is 0 Å². The third-order valence-corrected chi connectivity index (χ3v) is 5.89. The van der Waals surface area contributed by atoms with Crippen LogP contribution < -0.4 is 10.6 Å². The highest BCUT2D eigenvalue weighted by Gasteiger charge is 2.14. The molecular weight excluding hydrogens is 431 g/mol. The molecule has 0 atom stereocenters. The number of nitrogens with one attached hydrogen (secondary N) is 2. The Labute approximate surface area is 197 Å². The zero-order valence-electron chi connectivity index (χ0n) is 19.4. The molecule has 7 heteroatoms. The predicted octanol–water partition coefficient (Wildman–Crippen LogP) is 5.64. The van der Waals surface area contributed by atoms with Gasteiger partial charge in [0, 0.05) is 28.5 Å². The number of aryl methyl sites for hydroxylation is 1. The Morgan fingerprint density at radius 2 is 1.56 bits per heavy atom. The van der Waals surface area contributed by atoms with E-state index >= 15 is 0 Å². The first-order valence-electron chi connectivity index (χ1n) is 11.4. The van der Waals surface area contributed by atoms with Gasteiger partial charge in [-0.05, 0) is 86.5 Å². The minimum absolute atomic E-state index is 0.124. The van der Waals surface area contributed by atoms with Crippen molar-refractivity contribution in [2.75, 3.05) is 5.32 Å². The van der Waals surface area contributed by atoms with E-state index in [1.165, 1.54) is 12.1 Å². The first-order chi connectivity index (χ1) is 16.4. The van der Waals surface area contributed by atoms with Crippen LogP contribution in [0.4, 0.5) is 10.1 Å². The van der Waals surface area contributed by atoms with Crippen LogP contribution in [0, 0.1) is 12.7 Å². The zero-order valence-corrected chi connectivity index (χ0v) is 19.4. The number of anilines is 1. The van der Waals surface area contributed by atoms with Crippen LogP contribution in [0.2, 0.25) is 0 Å². The molecule has 6 nitrogen and oxygen atoms in total. The summed E-state index contributed by atoms with van der Waals surface area (Å²) >= 11 is 0. The van der Waals surface area contributed by atoms with Crippen LogP contribution in [0.3, 0.4) is 0 Å². The molecule has 0 aliphatic rings. The second kappa shape index (κ2) is 9.87. The van der Waals surface area contributed by atoms with Gasteiger partial charge >= 0.3 is 0 Å². The Kier molecular flexibility index (Phi) is 6.72. The van der Waals surface area contributed by atoms with Gasteiger partial charge in [-0.3, -0.25) is 14.2 Å². The van der Waals surface area contributed by atoms with E-state index in [1.807, 2.05) is 25.3 Å². The third kappa shape index (κ3) is 4.83. The van der Waals surface area contributed by atoms with Crippen molar-refractivity contribution in [2.45, 2.75) is 39.7 Å². The molecule has 1 aromatic heterocycles. The molecular formula is C27H27FN4O2. The number of carbonyl (C=O) groups excluding carboxylic acids is 2. The van der Waals surface area contributed by atoms with Crippen molar-refractivity contribution in [3.05, 3.63) is 89.5 Å². The van der Waals surface area contributed by atoms with Crippen molar-refractivity contribution in [1.82, 2.24) is 14.9 Å². The largest absolute Gasteiger partial charge is 0.349 e. The quantitative estimate of drug-likeness (QED) is 0.376. The molecule has 0 aliphatic carbocycles. The molecule has 0 fully saturated rings. The van der Waals surface area contributed by atoms with E-state index in [1.54, 1.807) is 54.6 Å². The average Bonchev–Trinajstić information content (AvgIpc) is 3.18. The summed E-state index contributed by atoms with van der Waals surface area (Å²) in [5.41, 5.74) is 3.86. The highest BCUT2D eigenvalue weighted by Crippen LogP contribution is 2.23. The molecule has 2 amide bonds. The highest BCUT2D eigenvalue weighted by molar-refractivity contribution is 6.06. The maximum absolute atomic E-state index is 13.4. The maximum atomic E-state index is 13.4. The van der Waals surface area contributed by atoms with Crippen LogP contribution in [0.25, 0.3) is 16.7 Å². The number of rotatable bonds is 7. The van der Waals surface area contributed by atoms with Crippen LogP contribution >= 0.6 is 0 Å². The fourth-order valence-electron chi connectivity index (χ4n) is 3.92. The number of benzene rings is 3. The molecule has 0 unspecified atom stereocenters. The Balaban J connectivity index is 1.54. The molecule has 4 aromatic rings. The minimum Gasteiger partial charge on any atom is -0.349 e. The minimum atomic E-state index is -0.315. The van der Waals surface area contributed by atoms with Crippen LogP contribution in [-0.4, -0.2) is 27.4 Å². The van der Waals surface area contributed by atoms with E-state index in [-0.39, 0.29) is 23.7 Å². The van der Waals surface area contributed by atoms with E-state index in [0.29, 0.717) is 16.8 Å². The number of aromatic nitrogens is 2. The molecule has 0 saturated carbocycles. The summed E-state index contributed by atoms with van der Waals surface area (Å²) in [6.07, 6.45) is 1.75. The topological polar surface area (TPSA) is 76.0 Å². The second-order valence-corrected chi connectivity index (χ2v) is 8.19. The number of hydrogen-bond donors (Lipinski definition) is 2. The molecule has 4 rings (SSSR count). The van der Waals surface area contributed by atoms with E-state index in [0.717, 1.165) is 35.4 Å². The van der Waals surface area contributed by atoms with Gasteiger partial charge in [-0.25, -0.2) is 9.37 Å². The monoisotopic (exact) mass is 458 g/mol. The lowest BCUT2D eigenvalue weighted by atomic mass is 10.1.